The van der Waals surface area contributed by atoms with Gasteiger partial charge in [-0.15, -0.1) is 0 Å². The van der Waals surface area contributed by atoms with Crippen LogP contribution in [-0.4, -0.2) is 24.1 Å². The molecule has 0 unspecified atom stereocenters. The van der Waals surface area contributed by atoms with Gasteiger partial charge in [-0.2, -0.15) is 5.10 Å². The van der Waals surface area contributed by atoms with E-state index in [0.717, 1.165) is 10.2 Å². The number of amides is 1. The Balaban J connectivity index is 1.90. The summed E-state index contributed by atoms with van der Waals surface area (Å²) in [5.74, 6) is -0.485. The molecule has 0 saturated carbocycles. The van der Waals surface area contributed by atoms with Gasteiger partial charge in [-0.1, -0.05) is 30.3 Å². The second-order valence-electron chi connectivity index (χ2n) is 6.92. The minimum Gasteiger partial charge on any atom is -0.324 e. The Hall–Kier alpha value is -3.30. The highest BCUT2D eigenvalue weighted by molar-refractivity contribution is 7.89. The zero-order chi connectivity index (χ0) is 21.2. The Kier molecular flexibility index (Phi) is 5.36. The van der Waals surface area contributed by atoms with Crippen molar-refractivity contribution in [1.29, 1.82) is 0 Å². The average Bonchev–Trinajstić information content (AvgIpc) is 2.68. The minimum atomic E-state index is -3.82. The number of primary sulfonamides is 1. The van der Waals surface area contributed by atoms with E-state index < -0.39 is 27.0 Å². The fraction of sp³-hybridized carbons (Fsp3) is 0.150. The second-order valence-corrected chi connectivity index (χ2v) is 8.48. The SMILES string of the molecule is CC(C)(C(=O)Nc1ccc(S(N)(=O)=O)cc1)n1nc(-c2ccccc2)ccc1=O. The highest BCUT2D eigenvalue weighted by atomic mass is 32.2. The molecule has 0 bridgehead atoms. The van der Waals surface area contributed by atoms with Crippen LogP contribution in [0, 0.1) is 0 Å². The fourth-order valence-corrected chi connectivity index (χ4v) is 3.20. The lowest BCUT2D eigenvalue weighted by atomic mass is 10.0. The molecule has 0 aliphatic carbocycles. The number of carbonyl (C=O) groups excluding carboxylic acids is 1. The summed E-state index contributed by atoms with van der Waals surface area (Å²) in [7, 11) is -3.82. The summed E-state index contributed by atoms with van der Waals surface area (Å²) in [6, 6.07) is 17.7. The third kappa shape index (κ3) is 4.41. The summed E-state index contributed by atoms with van der Waals surface area (Å²) >= 11 is 0. The third-order valence-corrected chi connectivity index (χ3v) is 5.32. The molecule has 3 rings (SSSR count). The van der Waals surface area contributed by atoms with Gasteiger partial charge < -0.3 is 5.32 Å². The number of anilines is 1. The predicted molar refractivity (Wildman–Crippen MR) is 110 cm³/mol. The number of hydrogen-bond donors (Lipinski definition) is 2. The molecule has 1 aromatic heterocycles. The first-order valence-corrected chi connectivity index (χ1v) is 10.2. The van der Waals surface area contributed by atoms with Crippen molar-refractivity contribution >= 4 is 21.6 Å². The van der Waals surface area contributed by atoms with E-state index in [4.69, 9.17) is 5.14 Å². The lowest BCUT2D eigenvalue weighted by molar-refractivity contribution is -0.123. The molecule has 0 aliphatic rings. The van der Waals surface area contributed by atoms with Crippen LogP contribution in [0.1, 0.15) is 13.8 Å². The molecule has 0 atom stereocenters. The van der Waals surface area contributed by atoms with Crippen molar-refractivity contribution in [3.63, 3.8) is 0 Å². The molecular weight excluding hydrogens is 392 g/mol. The largest absolute Gasteiger partial charge is 0.324 e. The van der Waals surface area contributed by atoms with Crippen molar-refractivity contribution in [1.82, 2.24) is 9.78 Å². The highest BCUT2D eigenvalue weighted by Crippen LogP contribution is 2.20. The van der Waals surface area contributed by atoms with Crippen LogP contribution in [0.15, 0.2) is 76.4 Å². The van der Waals surface area contributed by atoms with Gasteiger partial charge in [0.15, 0.2) is 0 Å². The molecule has 150 valence electrons. The zero-order valence-electron chi connectivity index (χ0n) is 15.9. The Bertz CT molecular complexity index is 1200. The Morgan fingerprint density at radius 2 is 1.62 bits per heavy atom. The molecule has 0 fully saturated rings. The number of aromatic nitrogens is 2. The Morgan fingerprint density at radius 3 is 2.21 bits per heavy atom. The lowest BCUT2D eigenvalue weighted by Gasteiger charge is -2.25. The maximum Gasteiger partial charge on any atom is 0.267 e. The monoisotopic (exact) mass is 412 g/mol. The number of nitrogens with two attached hydrogens (primary N) is 1. The zero-order valence-corrected chi connectivity index (χ0v) is 16.7. The first kappa shape index (κ1) is 20.4. The van der Waals surface area contributed by atoms with Gasteiger partial charge in [0.25, 0.3) is 11.5 Å². The molecule has 1 heterocycles. The average molecular weight is 412 g/mol. The van der Waals surface area contributed by atoms with E-state index in [1.54, 1.807) is 19.9 Å². The molecule has 3 N–H and O–H groups in total. The molecular formula is C20H20N4O4S. The molecule has 0 saturated heterocycles. The second kappa shape index (κ2) is 7.61. The van der Waals surface area contributed by atoms with Gasteiger partial charge in [-0.3, -0.25) is 9.59 Å². The molecule has 9 heteroatoms. The summed E-state index contributed by atoms with van der Waals surface area (Å²) < 4.78 is 23.8. The Labute approximate surface area is 168 Å². The van der Waals surface area contributed by atoms with Crippen LogP contribution in [0.5, 0.6) is 0 Å². The van der Waals surface area contributed by atoms with Crippen molar-refractivity contribution in [2.45, 2.75) is 24.3 Å². The first-order valence-electron chi connectivity index (χ1n) is 8.69. The van der Waals surface area contributed by atoms with Crippen LogP contribution < -0.4 is 16.0 Å². The number of sulfonamides is 1. The van der Waals surface area contributed by atoms with E-state index in [1.165, 1.54) is 30.3 Å². The smallest absolute Gasteiger partial charge is 0.267 e. The van der Waals surface area contributed by atoms with Gasteiger partial charge >= 0.3 is 0 Å². The first-order chi connectivity index (χ1) is 13.6. The molecule has 0 aliphatic heterocycles. The van der Waals surface area contributed by atoms with Crippen molar-refractivity contribution < 1.29 is 13.2 Å². The lowest BCUT2D eigenvalue weighted by Crippen LogP contribution is -2.47. The van der Waals surface area contributed by atoms with Crippen LogP contribution >= 0.6 is 0 Å². The van der Waals surface area contributed by atoms with Gasteiger partial charge in [-0.25, -0.2) is 18.2 Å². The van der Waals surface area contributed by atoms with E-state index in [2.05, 4.69) is 10.4 Å². The van der Waals surface area contributed by atoms with E-state index >= 15 is 0 Å². The molecule has 8 nitrogen and oxygen atoms in total. The summed E-state index contributed by atoms with van der Waals surface area (Å²) in [6.07, 6.45) is 0. The molecule has 1 amide bonds. The fourth-order valence-electron chi connectivity index (χ4n) is 2.68. The standard InChI is InChI=1S/C20H20N4O4S/c1-20(2,19(26)22-15-8-10-16(11-9-15)29(21,27)28)24-18(25)13-12-17(23-24)14-6-4-3-5-7-14/h3-13H,1-2H3,(H,22,26)(H2,21,27,28). The summed E-state index contributed by atoms with van der Waals surface area (Å²) in [5, 5.41) is 12.1. The number of rotatable bonds is 5. The highest BCUT2D eigenvalue weighted by Gasteiger charge is 2.32. The number of benzene rings is 2. The van der Waals surface area contributed by atoms with E-state index in [9.17, 15) is 18.0 Å². The number of nitrogens with one attached hydrogen (secondary N) is 1. The van der Waals surface area contributed by atoms with E-state index in [0.29, 0.717) is 11.4 Å². The van der Waals surface area contributed by atoms with E-state index in [-0.39, 0.29) is 4.90 Å². The van der Waals surface area contributed by atoms with Gasteiger partial charge in [0.05, 0.1) is 10.6 Å². The van der Waals surface area contributed by atoms with Crippen LogP contribution in [0.3, 0.4) is 0 Å². The molecule has 0 radical (unpaired) electrons. The van der Waals surface area contributed by atoms with Crippen LogP contribution in [0.4, 0.5) is 5.69 Å². The van der Waals surface area contributed by atoms with Gasteiger partial charge in [0.1, 0.15) is 5.54 Å². The van der Waals surface area contributed by atoms with Crippen LogP contribution in [0.2, 0.25) is 0 Å². The summed E-state index contributed by atoms with van der Waals surface area (Å²) in [6.45, 7) is 3.15. The normalized spacial score (nSPS) is 11.8. The summed E-state index contributed by atoms with van der Waals surface area (Å²) in [5.41, 5.74) is 0.0114. The summed E-state index contributed by atoms with van der Waals surface area (Å²) in [4.78, 5) is 25.2. The molecule has 3 aromatic rings. The van der Waals surface area contributed by atoms with Crippen molar-refractivity contribution in [3.8, 4) is 11.3 Å². The maximum atomic E-state index is 12.9. The van der Waals surface area contributed by atoms with Gasteiger partial charge in [-0.05, 0) is 44.2 Å². The topological polar surface area (TPSA) is 124 Å². The van der Waals surface area contributed by atoms with Crippen molar-refractivity contribution in [2.75, 3.05) is 5.32 Å². The molecule has 0 spiro atoms. The number of nitrogens with zero attached hydrogens (tertiary/aromatic N) is 2. The van der Waals surface area contributed by atoms with E-state index in [1.807, 2.05) is 30.3 Å². The van der Waals surface area contributed by atoms with Crippen molar-refractivity contribution in [3.05, 3.63) is 77.1 Å². The number of carbonyl (C=O) groups is 1. The predicted octanol–water partition coefficient (Wildman–Crippen LogP) is 1.93. The molecule has 29 heavy (non-hydrogen) atoms. The quantitative estimate of drug-likeness (QED) is 0.663. The van der Waals surface area contributed by atoms with Crippen LogP contribution in [0.25, 0.3) is 11.3 Å². The van der Waals surface area contributed by atoms with Gasteiger partial charge in [0.2, 0.25) is 10.0 Å². The number of hydrogen-bond acceptors (Lipinski definition) is 5. The van der Waals surface area contributed by atoms with Crippen LogP contribution in [-0.2, 0) is 20.4 Å². The Morgan fingerprint density at radius 1 is 1.00 bits per heavy atom. The van der Waals surface area contributed by atoms with Crippen molar-refractivity contribution in [2.24, 2.45) is 5.14 Å². The minimum absolute atomic E-state index is 0.0665. The molecule has 2 aromatic carbocycles. The van der Waals surface area contributed by atoms with Gasteiger partial charge in [0, 0.05) is 17.3 Å². The third-order valence-electron chi connectivity index (χ3n) is 4.40. The maximum absolute atomic E-state index is 12.9.